The van der Waals surface area contributed by atoms with Crippen molar-refractivity contribution < 1.29 is 23.5 Å². The first-order valence-corrected chi connectivity index (χ1v) is 6.32. The molecule has 6 heteroatoms. The molecule has 2 atom stereocenters. The molecule has 0 saturated heterocycles. The van der Waals surface area contributed by atoms with Crippen molar-refractivity contribution in [1.82, 2.24) is 4.90 Å². The number of amides is 1. The van der Waals surface area contributed by atoms with Crippen molar-refractivity contribution in [2.75, 3.05) is 13.6 Å². The molecular formula is C14H15F2NO3. The van der Waals surface area contributed by atoms with Gasteiger partial charge in [-0.3, -0.25) is 9.59 Å². The third-order valence-electron chi connectivity index (χ3n) is 3.52. The van der Waals surface area contributed by atoms with Gasteiger partial charge in [-0.15, -0.1) is 0 Å². The van der Waals surface area contributed by atoms with Crippen LogP contribution in [0.1, 0.15) is 24.3 Å². The van der Waals surface area contributed by atoms with Crippen LogP contribution in [0.4, 0.5) is 8.78 Å². The summed E-state index contributed by atoms with van der Waals surface area (Å²) in [5.41, 5.74) is -0.0440. The minimum absolute atomic E-state index is 0.0440. The Bertz CT molecular complexity index is 527. The van der Waals surface area contributed by atoms with Crippen LogP contribution in [0, 0.1) is 17.6 Å². The third-order valence-corrected chi connectivity index (χ3v) is 3.52. The zero-order valence-electron chi connectivity index (χ0n) is 11.0. The molecule has 1 aliphatic carbocycles. The van der Waals surface area contributed by atoms with E-state index in [-0.39, 0.29) is 24.4 Å². The molecule has 0 aliphatic heterocycles. The first-order chi connectivity index (χ1) is 9.41. The van der Waals surface area contributed by atoms with E-state index in [9.17, 15) is 18.4 Å². The highest BCUT2D eigenvalue weighted by molar-refractivity contribution is 5.83. The van der Waals surface area contributed by atoms with E-state index in [1.165, 1.54) is 30.1 Å². The van der Waals surface area contributed by atoms with Crippen molar-refractivity contribution >= 4 is 11.9 Å². The monoisotopic (exact) mass is 283 g/mol. The van der Waals surface area contributed by atoms with Gasteiger partial charge in [0.2, 0.25) is 5.91 Å². The lowest BCUT2D eigenvalue weighted by Crippen LogP contribution is -2.30. The Morgan fingerprint density at radius 3 is 2.50 bits per heavy atom. The Balaban J connectivity index is 2.01. The number of nitrogens with zero attached hydrogens (tertiary/aromatic N) is 1. The Morgan fingerprint density at radius 2 is 1.95 bits per heavy atom. The van der Waals surface area contributed by atoms with Gasteiger partial charge in [0, 0.05) is 31.0 Å². The average molecular weight is 283 g/mol. The second-order valence-electron chi connectivity index (χ2n) is 4.99. The highest BCUT2D eigenvalue weighted by Crippen LogP contribution is 2.49. The number of benzene rings is 1. The van der Waals surface area contributed by atoms with Crippen LogP contribution in [0.2, 0.25) is 0 Å². The van der Waals surface area contributed by atoms with E-state index in [4.69, 9.17) is 5.11 Å². The fourth-order valence-electron chi connectivity index (χ4n) is 2.31. The van der Waals surface area contributed by atoms with Gasteiger partial charge >= 0.3 is 5.97 Å². The number of carboxylic acids is 1. The van der Waals surface area contributed by atoms with Crippen LogP contribution in [-0.4, -0.2) is 35.5 Å². The maximum Gasteiger partial charge on any atom is 0.305 e. The summed E-state index contributed by atoms with van der Waals surface area (Å²) in [6.45, 7) is 0.0944. The van der Waals surface area contributed by atoms with Gasteiger partial charge < -0.3 is 10.0 Å². The molecule has 20 heavy (non-hydrogen) atoms. The number of halogens is 2. The molecule has 1 saturated carbocycles. The maximum absolute atomic E-state index is 13.6. The van der Waals surface area contributed by atoms with E-state index >= 15 is 0 Å². The molecule has 0 radical (unpaired) electrons. The highest BCUT2D eigenvalue weighted by Gasteiger charge is 2.47. The standard InChI is InChI=1S/C14H15F2NO3/c1-17(6-5-12(18)19)14(20)9-7-8(9)13-10(15)3-2-4-11(13)16/h2-4,8-9H,5-7H2,1H3,(H,18,19)/t8-,9+/m1/s1. The molecule has 1 aromatic carbocycles. The largest absolute Gasteiger partial charge is 0.481 e. The van der Waals surface area contributed by atoms with E-state index in [0.717, 1.165) is 0 Å². The summed E-state index contributed by atoms with van der Waals surface area (Å²) in [6, 6.07) is 3.63. The minimum atomic E-state index is -0.989. The van der Waals surface area contributed by atoms with Crippen LogP contribution in [-0.2, 0) is 9.59 Å². The van der Waals surface area contributed by atoms with E-state index < -0.39 is 29.4 Å². The average Bonchev–Trinajstić information content (AvgIpc) is 3.15. The van der Waals surface area contributed by atoms with Gasteiger partial charge in [-0.2, -0.15) is 0 Å². The molecule has 1 amide bonds. The topological polar surface area (TPSA) is 57.6 Å². The van der Waals surface area contributed by atoms with Crippen molar-refractivity contribution in [1.29, 1.82) is 0 Å². The number of rotatable bonds is 5. The SMILES string of the molecule is CN(CCC(=O)O)C(=O)[C@H]1C[C@H]1c1c(F)cccc1F. The summed E-state index contributed by atoms with van der Waals surface area (Å²) >= 11 is 0. The zero-order chi connectivity index (χ0) is 14.9. The van der Waals surface area contributed by atoms with Crippen molar-refractivity contribution in [3.63, 3.8) is 0 Å². The molecule has 1 fully saturated rings. The van der Waals surface area contributed by atoms with Crippen molar-refractivity contribution in [2.24, 2.45) is 5.92 Å². The number of carboxylic acid groups (broad SMARTS) is 1. The fourth-order valence-corrected chi connectivity index (χ4v) is 2.31. The molecule has 0 unspecified atom stereocenters. The lowest BCUT2D eigenvalue weighted by atomic mass is 10.1. The Labute approximate surface area is 115 Å². The minimum Gasteiger partial charge on any atom is -0.481 e. The molecule has 1 N–H and O–H groups in total. The van der Waals surface area contributed by atoms with Gasteiger partial charge in [0.05, 0.1) is 6.42 Å². The van der Waals surface area contributed by atoms with Crippen molar-refractivity contribution in [3.8, 4) is 0 Å². The number of aliphatic carboxylic acids is 1. The molecule has 0 heterocycles. The predicted octanol–water partition coefficient (Wildman–Crippen LogP) is 2.00. The molecule has 1 aromatic rings. The number of hydrogen-bond donors (Lipinski definition) is 1. The summed E-state index contributed by atoms with van der Waals surface area (Å²) in [5.74, 6) is -3.44. The van der Waals surface area contributed by atoms with E-state index in [1.54, 1.807) is 0 Å². The first kappa shape index (κ1) is 14.4. The van der Waals surface area contributed by atoms with Crippen molar-refractivity contribution in [3.05, 3.63) is 35.4 Å². The molecule has 1 aliphatic rings. The smallest absolute Gasteiger partial charge is 0.305 e. The number of carbonyl (C=O) groups is 2. The summed E-state index contributed by atoms with van der Waals surface area (Å²) in [7, 11) is 1.50. The Hall–Kier alpha value is -1.98. The number of carbonyl (C=O) groups excluding carboxylic acids is 1. The van der Waals surface area contributed by atoms with Gasteiger partial charge in [0.1, 0.15) is 11.6 Å². The Kier molecular flexibility index (Phi) is 4.01. The van der Waals surface area contributed by atoms with Crippen LogP contribution < -0.4 is 0 Å². The second kappa shape index (κ2) is 5.56. The fraction of sp³-hybridized carbons (Fsp3) is 0.429. The summed E-state index contributed by atoms with van der Waals surface area (Å²) in [4.78, 5) is 23.8. The van der Waals surface area contributed by atoms with E-state index in [2.05, 4.69) is 0 Å². The highest BCUT2D eigenvalue weighted by atomic mass is 19.1. The van der Waals surface area contributed by atoms with Crippen molar-refractivity contribution in [2.45, 2.75) is 18.8 Å². The van der Waals surface area contributed by atoms with Gasteiger partial charge in [-0.1, -0.05) is 6.07 Å². The zero-order valence-corrected chi connectivity index (χ0v) is 11.0. The predicted molar refractivity (Wildman–Crippen MR) is 67.1 cm³/mol. The molecule has 0 bridgehead atoms. The summed E-state index contributed by atoms with van der Waals surface area (Å²) < 4.78 is 27.2. The van der Waals surface area contributed by atoms with Gasteiger partial charge in [-0.05, 0) is 18.6 Å². The van der Waals surface area contributed by atoms with Crippen LogP contribution in [0.25, 0.3) is 0 Å². The lowest BCUT2D eigenvalue weighted by molar-refractivity contribution is -0.138. The van der Waals surface area contributed by atoms with E-state index in [1.807, 2.05) is 0 Å². The van der Waals surface area contributed by atoms with Crippen LogP contribution in [0.3, 0.4) is 0 Å². The summed E-state index contributed by atoms with van der Waals surface area (Å²) in [6.07, 6.45) is 0.252. The van der Waals surface area contributed by atoms with Gasteiger partial charge in [0.15, 0.2) is 0 Å². The second-order valence-corrected chi connectivity index (χ2v) is 4.99. The van der Waals surface area contributed by atoms with Crippen LogP contribution in [0.15, 0.2) is 18.2 Å². The molecule has 2 rings (SSSR count). The van der Waals surface area contributed by atoms with Crippen LogP contribution >= 0.6 is 0 Å². The number of hydrogen-bond acceptors (Lipinski definition) is 2. The van der Waals surface area contributed by atoms with Gasteiger partial charge in [-0.25, -0.2) is 8.78 Å². The third kappa shape index (κ3) is 2.95. The molecule has 4 nitrogen and oxygen atoms in total. The van der Waals surface area contributed by atoms with E-state index in [0.29, 0.717) is 6.42 Å². The maximum atomic E-state index is 13.6. The molecule has 0 aromatic heterocycles. The molecule has 0 spiro atoms. The van der Waals surface area contributed by atoms with Gasteiger partial charge in [0.25, 0.3) is 0 Å². The molecule has 108 valence electrons. The quantitative estimate of drug-likeness (QED) is 0.899. The molecular weight excluding hydrogens is 268 g/mol. The normalized spacial score (nSPS) is 20.6. The summed E-state index contributed by atoms with van der Waals surface area (Å²) in [5, 5.41) is 8.56. The Morgan fingerprint density at radius 1 is 1.35 bits per heavy atom. The van der Waals surface area contributed by atoms with Crippen LogP contribution in [0.5, 0.6) is 0 Å². The lowest BCUT2D eigenvalue weighted by Gasteiger charge is -2.16. The first-order valence-electron chi connectivity index (χ1n) is 6.32.